The van der Waals surface area contributed by atoms with Crippen LogP contribution in [0.5, 0.6) is 11.5 Å². The molecule has 2 N–H and O–H groups in total. The highest BCUT2D eigenvalue weighted by atomic mass is 16.5. The van der Waals surface area contributed by atoms with Gasteiger partial charge < -0.3 is 29.9 Å². The minimum Gasteiger partial charge on any atom is -0.493 e. The summed E-state index contributed by atoms with van der Waals surface area (Å²) in [5.41, 5.74) is 0.981. The van der Waals surface area contributed by atoms with Crippen LogP contribution in [-0.2, 0) is 4.79 Å². The Hall–Kier alpha value is -1.83. The van der Waals surface area contributed by atoms with E-state index in [1.165, 1.54) is 0 Å². The number of hydrogen-bond donors (Lipinski definition) is 2. The molecule has 0 unspecified atom stereocenters. The molecule has 37 heavy (non-hydrogen) atoms. The van der Waals surface area contributed by atoms with Crippen LogP contribution in [0, 0.1) is 11.3 Å². The van der Waals surface area contributed by atoms with Gasteiger partial charge in [-0.15, -0.1) is 0 Å². The molecule has 2 atom stereocenters. The first-order chi connectivity index (χ1) is 17.7. The number of ether oxygens (including phenoxy) is 2. The molecule has 1 saturated heterocycles. The van der Waals surface area contributed by atoms with Gasteiger partial charge in [-0.2, -0.15) is 0 Å². The molecule has 1 aliphatic heterocycles. The number of rotatable bonds is 17. The third-order valence-electron chi connectivity index (χ3n) is 7.20. The standard InChI is InChI=1S/C30H54N4O3/c1-8-33(9-2)16-12-18-36-25-14-15-26(28(21-25)37-19-13-17-34(10-3)11-4)32-29(35)27-20-24(23-31-27)22-30(5,6)7/h14-15,21,24,27,31H,8-13,16-20,22-23H2,1-7H3,(H,32,35)/t24-,27-/m0/s1. The van der Waals surface area contributed by atoms with Gasteiger partial charge in [0, 0.05) is 19.2 Å². The van der Waals surface area contributed by atoms with E-state index in [0.29, 0.717) is 30.6 Å². The van der Waals surface area contributed by atoms with Crippen molar-refractivity contribution in [3.05, 3.63) is 18.2 Å². The van der Waals surface area contributed by atoms with Crippen molar-refractivity contribution in [3.8, 4) is 11.5 Å². The molecule has 1 fully saturated rings. The highest BCUT2D eigenvalue weighted by Crippen LogP contribution is 2.32. The van der Waals surface area contributed by atoms with E-state index in [1.807, 2.05) is 18.2 Å². The van der Waals surface area contributed by atoms with Crippen LogP contribution in [0.2, 0.25) is 0 Å². The third kappa shape index (κ3) is 11.6. The van der Waals surface area contributed by atoms with Gasteiger partial charge >= 0.3 is 0 Å². The van der Waals surface area contributed by atoms with Crippen LogP contribution >= 0.6 is 0 Å². The molecule has 1 aliphatic rings. The smallest absolute Gasteiger partial charge is 0.241 e. The number of carbonyl (C=O) groups is 1. The fourth-order valence-corrected chi connectivity index (χ4v) is 5.09. The van der Waals surface area contributed by atoms with Crippen molar-refractivity contribution in [1.29, 1.82) is 0 Å². The maximum absolute atomic E-state index is 13.1. The summed E-state index contributed by atoms with van der Waals surface area (Å²) in [5.74, 6) is 2.00. The Morgan fingerprint density at radius 1 is 0.973 bits per heavy atom. The Morgan fingerprint density at radius 3 is 2.14 bits per heavy atom. The highest BCUT2D eigenvalue weighted by molar-refractivity contribution is 5.96. The van der Waals surface area contributed by atoms with Crippen LogP contribution in [0.4, 0.5) is 5.69 Å². The maximum atomic E-state index is 13.1. The largest absolute Gasteiger partial charge is 0.493 e. The molecule has 1 aromatic rings. The quantitative estimate of drug-likeness (QED) is 0.274. The van der Waals surface area contributed by atoms with Crippen LogP contribution in [0.1, 0.15) is 74.1 Å². The van der Waals surface area contributed by atoms with Crippen molar-refractivity contribution in [2.75, 3.05) is 64.3 Å². The molecular formula is C30H54N4O3. The van der Waals surface area contributed by atoms with Gasteiger partial charge in [0.25, 0.3) is 0 Å². The van der Waals surface area contributed by atoms with E-state index < -0.39 is 0 Å². The van der Waals surface area contributed by atoms with Crippen molar-refractivity contribution in [2.45, 2.75) is 80.2 Å². The lowest BCUT2D eigenvalue weighted by Crippen LogP contribution is -2.35. The topological polar surface area (TPSA) is 66.1 Å². The molecule has 1 amide bonds. The zero-order valence-corrected chi connectivity index (χ0v) is 24.7. The van der Waals surface area contributed by atoms with Crippen molar-refractivity contribution in [3.63, 3.8) is 0 Å². The highest BCUT2D eigenvalue weighted by Gasteiger charge is 2.32. The molecule has 7 nitrogen and oxygen atoms in total. The maximum Gasteiger partial charge on any atom is 0.241 e. The van der Waals surface area contributed by atoms with E-state index in [1.54, 1.807) is 0 Å². The molecule has 0 spiro atoms. The fourth-order valence-electron chi connectivity index (χ4n) is 5.09. The molecule has 2 rings (SSSR count). The van der Waals surface area contributed by atoms with Gasteiger partial charge in [-0.3, -0.25) is 4.79 Å². The van der Waals surface area contributed by atoms with Crippen molar-refractivity contribution in [2.24, 2.45) is 11.3 Å². The van der Waals surface area contributed by atoms with Crippen molar-refractivity contribution >= 4 is 11.6 Å². The predicted molar refractivity (Wildman–Crippen MR) is 155 cm³/mol. The first kappa shape index (κ1) is 31.4. The van der Waals surface area contributed by atoms with E-state index in [9.17, 15) is 4.79 Å². The van der Waals surface area contributed by atoms with Crippen molar-refractivity contribution < 1.29 is 14.3 Å². The van der Waals surface area contributed by atoms with Crippen LogP contribution < -0.4 is 20.1 Å². The Bertz CT molecular complexity index is 788. The molecule has 212 valence electrons. The number of nitrogens with one attached hydrogen (secondary N) is 2. The summed E-state index contributed by atoms with van der Waals surface area (Å²) in [7, 11) is 0. The van der Waals surface area contributed by atoms with E-state index in [-0.39, 0.29) is 17.4 Å². The number of amides is 1. The van der Waals surface area contributed by atoms with E-state index in [2.05, 4.69) is 68.9 Å². The average molecular weight is 519 g/mol. The van der Waals surface area contributed by atoms with E-state index in [4.69, 9.17) is 9.47 Å². The number of benzene rings is 1. The second kappa shape index (κ2) is 16.2. The SMILES string of the molecule is CCN(CC)CCCOc1ccc(NC(=O)[C@@H]2C[C@@H](CC(C)(C)C)CN2)c(OCCCN(CC)CC)c1. The summed E-state index contributed by atoms with van der Waals surface area (Å²) >= 11 is 0. The minimum absolute atomic E-state index is 0.0114. The van der Waals surface area contributed by atoms with E-state index in [0.717, 1.165) is 77.2 Å². The number of anilines is 1. The number of nitrogens with zero attached hydrogens (tertiary/aromatic N) is 2. The van der Waals surface area contributed by atoms with Crippen LogP contribution in [-0.4, -0.2) is 80.8 Å². The van der Waals surface area contributed by atoms with Crippen molar-refractivity contribution in [1.82, 2.24) is 15.1 Å². The molecular weight excluding hydrogens is 464 g/mol. The lowest BCUT2D eigenvalue weighted by Gasteiger charge is -2.22. The average Bonchev–Trinajstić information content (AvgIpc) is 3.32. The Kier molecular flexibility index (Phi) is 13.7. The lowest BCUT2D eigenvalue weighted by molar-refractivity contribution is -0.117. The van der Waals surface area contributed by atoms with Gasteiger partial charge in [0.05, 0.1) is 24.9 Å². The summed E-state index contributed by atoms with van der Waals surface area (Å²) in [6.45, 7) is 23.9. The molecule has 0 radical (unpaired) electrons. The molecule has 0 bridgehead atoms. The summed E-state index contributed by atoms with van der Waals surface area (Å²) < 4.78 is 12.2. The van der Waals surface area contributed by atoms with Gasteiger partial charge in [0.15, 0.2) is 0 Å². The summed E-state index contributed by atoms with van der Waals surface area (Å²) in [6.07, 6.45) is 3.90. The minimum atomic E-state index is -0.168. The van der Waals surface area contributed by atoms with Crippen LogP contribution in [0.3, 0.4) is 0 Å². The van der Waals surface area contributed by atoms with Gasteiger partial charge in [-0.05, 0) is 81.9 Å². The molecule has 7 heteroatoms. The Balaban J connectivity index is 2.00. The second-order valence-electron chi connectivity index (χ2n) is 11.4. The summed E-state index contributed by atoms with van der Waals surface area (Å²) in [6, 6.07) is 5.60. The predicted octanol–water partition coefficient (Wildman–Crippen LogP) is 5.26. The molecule has 1 heterocycles. The second-order valence-corrected chi connectivity index (χ2v) is 11.4. The zero-order chi connectivity index (χ0) is 27.3. The van der Waals surface area contributed by atoms with Crippen LogP contribution in [0.15, 0.2) is 18.2 Å². The Labute approximate surface area is 226 Å². The molecule has 0 aromatic heterocycles. The number of carbonyl (C=O) groups excluding carboxylic acids is 1. The van der Waals surface area contributed by atoms with Gasteiger partial charge in [0.2, 0.25) is 5.91 Å². The number of hydrogen-bond acceptors (Lipinski definition) is 6. The lowest BCUT2D eigenvalue weighted by atomic mass is 9.83. The van der Waals surface area contributed by atoms with Gasteiger partial charge in [-0.1, -0.05) is 48.5 Å². The molecule has 0 aliphatic carbocycles. The van der Waals surface area contributed by atoms with Gasteiger partial charge in [0.1, 0.15) is 11.5 Å². The molecule has 1 aromatic carbocycles. The van der Waals surface area contributed by atoms with Crippen LogP contribution in [0.25, 0.3) is 0 Å². The van der Waals surface area contributed by atoms with E-state index >= 15 is 0 Å². The summed E-state index contributed by atoms with van der Waals surface area (Å²) in [5, 5.41) is 6.56. The normalized spacial score (nSPS) is 18.0. The first-order valence-corrected chi connectivity index (χ1v) is 14.6. The third-order valence-corrected chi connectivity index (χ3v) is 7.20. The fraction of sp³-hybridized carbons (Fsp3) is 0.767. The summed E-state index contributed by atoms with van der Waals surface area (Å²) in [4.78, 5) is 17.9. The molecule has 0 saturated carbocycles. The zero-order valence-electron chi connectivity index (χ0n) is 24.7. The monoisotopic (exact) mass is 518 g/mol. The first-order valence-electron chi connectivity index (χ1n) is 14.6. The van der Waals surface area contributed by atoms with Gasteiger partial charge in [-0.25, -0.2) is 0 Å². The Morgan fingerprint density at radius 2 is 1.57 bits per heavy atom.